The third kappa shape index (κ3) is 5.60. The Morgan fingerprint density at radius 3 is 2.64 bits per heavy atom. The van der Waals surface area contributed by atoms with E-state index < -0.39 is 0 Å². The molecular weight excluding hydrogens is 316 g/mol. The summed E-state index contributed by atoms with van der Waals surface area (Å²) >= 11 is 0. The number of nitrogens with zero attached hydrogens (tertiary/aromatic N) is 2. The minimum absolute atomic E-state index is 0.0308. The second kappa shape index (κ2) is 8.82. The van der Waals surface area contributed by atoms with Crippen LogP contribution in [0.15, 0.2) is 48.7 Å². The Hall–Kier alpha value is -2.89. The molecule has 0 aliphatic carbocycles. The molecule has 1 atom stereocenters. The van der Waals surface area contributed by atoms with Crippen LogP contribution in [0, 0.1) is 0 Å². The highest BCUT2D eigenvalue weighted by Gasteiger charge is 2.10. The van der Waals surface area contributed by atoms with Crippen molar-refractivity contribution in [3.8, 4) is 0 Å². The van der Waals surface area contributed by atoms with Crippen molar-refractivity contribution in [1.82, 2.24) is 20.5 Å². The van der Waals surface area contributed by atoms with E-state index in [2.05, 4.69) is 15.6 Å². The molecular formula is C19H24N4O2. The number of benzene rings is 1. The van der Waals surface area contributed by atoms with Gasteiger partial charge in [-0.1, -0.05) is 18.2 Å². The molecule has 0 fully saturated rings. The van der Waals surface area contributed by atoms with Gasteiger partial charge in [0.05, 0.1) is 11.7 Å². The maximum Gasteiger partial charge on any atom is 0.315 e. The Labute approximate surface area is 148 Å². The third-order valence-electron chi connectivity index (χ3n) is 3.76. The van der Waals surface area contributed by atoms with Crippen molar-refractivity contribution < 1.29 is 9.59 Å². The van der Waals surface area contributed by atoms with Crippen LogP contribution in [0.4, 0.5) is 4.79 Å². The Balaban J connectivity index is 1.81. The van der Waals surface area contributed by atoms with E-state index in [1.165, 1.54) is 0 Å². The lowest BCUT2D eigenvalue weighted by Gasteiger charge is -2.14. The van der Waals surface area contributed by atoms with Gasteiger partial charge in [-0.25, -0.2) is 4.79 Å². The SMILES string of the molecule is CC(NC(=O)NCCc1cccc(C(=O)N(C)C)c1)c1ccccn1. The molecule has 2 rings (SSSR count). The van der Waals surface area contributed by atoms with Crippen molar-refractivity contribution in [2.75, 3.05) is 20.6 Å². The molecule has 2 aromatic rings. The topological polar surface area (TPSA) is 74.3 Å². The van der Waals surface area contributed by atoms with E-state index in [1.54, 1.807) is 31.3 Å². The van der Waals surface area contributed by atoms with Crippen LogP contribution in [-0.2, 0) is 6.42 Å². The van der Waals surface area contributed by atoms with Gasteiger partial charge in [0.15, 0.2) is 0 Å². The van der Waals surface area contributed by atoms with Crippen molar-refractivity contribution in [2.24, 2.45) is 0 Å². The predicted molar refractivity (Wildman–Crippen MR) is 97.3 cm³/mol. The molecule has 6 nitrogen and oxygen atoms in total. The summed E-state index contributed by atoms with van der Waals surface area (Å²) in [5.41, 5.74) is 2.47. The zero-order valence-electron chi connectivity index (χ0n) is 14.8. The van der Waals surface area contributed by atoms with Crippen LogP contribution in [0.25, 0.3) is 0 Å². The lowest BCUT2D eigenvalue weighted by molar-refractivity contribution is 0.0827. The molecule has 1 heterocycles. The molecule has 0 saturated carbocycles. The number of carbonyl (C=O) groups is 2. The highest BCUT2D eigenvalue weighted by molar-refractivity contribution is 5.94. The summed E-state index contributed by atoms with van der Waals surface area (Å²) in [6.45, 7) is 2.37. The van der Waals surface area contributed by atoms with Gasteiger partial charge in [-0.15, -0.1) is 0 Å². The van der Waals surface area contributed by atoms with Crippen LogP contribution < -0.4 is 10.6 Å². The summed E-state index contributed by atoms with van der Waals surface area (Å²) in [7, 11) is 3.45. The quantitative estimate of drug-likeness (QED) is 0.848. The van der Waals surface area contributed by atoms with Gasteiger partial charge in [-0.2, -0.15) is 0 Å². The van der Waals surface area contributed by atoms with E-state index in [9.17, 15) is 9.59 Å². The summed E-state index contributed by atoms with van der Waals surface area (Å²) < 4.78 is 0. The zero-order chi connectivity index (χ0) is 18.2. The summed E-state index contributed by atoms with van der Waals surface area (Å²) in [4.78, 5) is 29.7. The number of carbonyl (C=O) groups excluding carboxylic acids is 2. The second-order valence-corrected chi connectivity index (χ2v) is 6.03. The first-order valence-corrected chi connectivity index (χ1v) is 8.23. The first kappa shape index (κ1) is 18.4. The molecule has 0 bridgehead atoms. The fourth-order valence-electron chi connectivity index (χ4n) is 2.39. The summed E-state index contributed by atoms with van der Waals surface area (Å²) in [5, 5.41) is 5.68. The van der Waals surface area contributed by atoms with Gasteiger partial charge in [0, 0.05) is 32.4 Å². The van der Waals surface area contributed by atoms with Crippen molar-refractivity contribution in [2.45, 2.75) is 19.4 Å². The molecule has 1 unspecified atom stereocenters. The molecule has 6 heteroatoms. The average Bonchev–Trinajstić information content (AvgIpc) is 2.62. The smallest absolute Gasteiger partial charge is 0.315 e. The van der Waals surface area contributed by atoms with Gasteiger partial charge >= 0.3 is 6.03 Å². The standard InChI is InChI=1S/C19H24N4O2/c1-14(17-9-4-5-11-20-17)22-19(25)21-12-10-15-7-6-8-16(13-15)18(24)23(2)3/h4-9,11,13-14H,10,12H2,1-3H3,(H2,21,22,25). The summed E-state index contributed by atoms with van der Waals surface area (Å²) in [5.74, 6) is -0.0308. The Morgan fingerprint density at radius 2 is 1.96 bits per heavy atom. The first-order chi connectivity index (χ1) is 12.0. The van der Waals surface area contributed by atoms with Crippen molar-refractivity contribution >= 4 is 11.9 Å². The lowest BCUT2D eigenvalue weighted by Crippen LogP contribution is -2.38. The maximum absolute atomic E-state index is 12.0. The monoisotopic (exact) mass is 340 g/mol. The van der Waals surface area contributed by atoms with Gasteiger partial charge in [-0.05, 0) is 43.2 Å². The van der Waals surface area contributed by atoms with Crippen LogP contribution in [0.5, 0.6) is 0 Å². The molecule has 0 aliphatic heterocycles. The number of urea groups is 1. The third-order valence-corrected chi connectivity index (χ3v) is 3.76. The molecule has 0 spiro atoms. The molecule has 2 N–H and O–H groups in total. The van der Waals surface area contributed by atoms with E-state index >= 15 is 0 Å². The normalized spacial score (nSPS) is 11.5. The van der Waals surface area contributed by atoms with Crippen LogP contribution in [0.3, 0.4) is 0 Å². The zero-order valence-corrected chi connectivity index (χ0v) is 14.8. The highest BCUT2D eigenvalue weighted by atomic mass is 16.2. The fourth-order valence-corrected chi connectivity index (χ4v) is 2.39. The molecule has 3 amide bonds. The van der Waals surface area contributed by atoms with E-state index in [0.717, 1.165) is 11.3 Å². The minimum atomic E-state index is -0.237. The van der Waals surface area contributed by atoms with Crippen molar-refractivity contribution in [3.05, 3.63) is 65.5 Å². The number of amides is 3. The molecule has 0 saturated heterocycles. The number of aromatic nitrogens is 1. The Kier molecular flexibility index (Phi) is 6.51. The molecule has 25 heavy (non-hydrogen) atoms. The highest BCUT2D eigenvalue weighted by Crippen LogP contribution is 2.09. The lowest BCUT2D eigenvalue weighted by atomic mass is 10.1. The molecule has 1 aromatic carbocycles. The molecule has 0 aliphatic rings. The molecule has 0 radical (unpaired) electrons. The Bertz CT molecular complexity index is 716. The largest absolute Gasteiger partial charge is 0.345 e. The second-order valence-electron chi connectivity index (χ2n) is 6.03. The van der Waals surface area contributed by atoms with E-state index in [4.69, 9.17) is 0 Å². The van der Waals surface area contributed by atoms with E-state index in [0.29, 0.717) is 18.5 Å². The van der Waals surface area contributed by atoms with Crippen LogP contribution >= 0.6 is 0 Å². The van der Waals surface area contributed by atoms with Crippen molar-refractivity contribution in [1.29, 1.82) is 0 Å². The van der Waals surface area contributed by atoms with Crippen LogP contribution in [-0.4, -0.2) is 42.5 Å². The molecule has 1 aromatic heterocycles. The number of hydrogen-bond acceptors (Lipinski definition) is 3. The first-order valence-electron chi connectivity index (χ1n) is 8.23. The average molecular weight is 340 g/mol. The number of rotatable bonds is 6. The van der Waals surface area contributed by atoms with Gasteiger partial charge in [-0.3, -0.25) is 9.78 Å². The summed E-state index contributed by atoms with van der Waals surface area (Å²) in [6.07, 6.45) is 2.35. The molecule has 132 valence electrons. The number of hydrogen-bond donors (Lipinski definition) is 2. The van der Waals surface area contributed by atoms with Gasteiger partial charge in [0.25, 0.3) is 5.91 Å². The Morgan fingerprint density at radius 1 is 1.16 bits per heavy atom. The summed E-state index contributed by atoms with van der Waals surface area (Å²) in [6, 6.07) is 12.7. The van der Waals surface area contributed by atoms with Gasteiger partial charge in [0.2, 0.25) is 0 Å². The predicted octanol–water partition coefficient (Wildman–Crippen LogP) is 2.39. The number of pyridine rings is 1. The minimum Gasteiger partial charge on any atom is -0.345 e. The van der Waals surface area contributed by atoms with Crippen LogP contribution in [0.1, 0.15) is 34.6 Å². The van der Waals surface area contributed by atoms with Gasteiger partial charge < -0.3 is 15.5 Å². The van der Waals surface area contributed by atoms with Gasteiger partial charge in [0.1, 0.15) is 0 Å². The van der Waals surface area contributed by atoms with Crippen LogP contribution in [0.2, 0.25) is 0 Å². The van der Waals surface area contributed by atoms with E-state index in [1.807, 2.05) is 43.3 Å². The van der Waals surface area contributed by atoms with E-state index in [-0.39, 0.29) is 18.0 Å². The van der Waals surface area contributed by atoms with Crippen molar-refractivity contribution in [3.63, 3.8) is 0 Å². The number of nitrogens with one attached hydrogen (secondary N) is 2. The fraction of sp³-hybridized carbons (Fsp3) is 0.316. The maximum atomic E-state index is 12.0.